The van der Waals surface area contributed by atoms with Crippen molar-refractivity contribution in [3.63, 3.8) is 0 Å². The van der Waals surface area contributed by atoms with Gasteiger partial charge in [-0.05, 0) is 58.2 Å². The van der Waals surface area contributed by atoms with Crippen molar-refractivity contribution in [3.05, 3.63) is 46.6 Å². The van der Waals surface area contributed by atoms with Gasteiger partial charge in [-0.1, -0.05) is 17.2 Å². The van der Waals surface area contributed by atoms with E-state index in [2.05, 4.69) is 26.8 Å². The fourth-order valence-electron chi connectivity index (χ4n) is 1.98. The fourth-order valence-corrected chi connectivity index (χ4v) is 1.98. The van der Waals surface area contributed by atoms with Crippen LogP contribution in [0.15, 0.2) is 35.4 Å². The number of rotatable bonds is 7. The molecule has 0 bridgehead atoms. The molecule has 0 aromatic heterocycles. The summed E-state index contributed by atoms with van der Waals surface area (Å²) in [5.41, 5.74) is 3.77. The van der Waals surface area contributed by atoms with Crippen molar-refractivity contribution < 1.29 is 14.6 Å². The molecule has 1 N–H and O–H groups in total. The molecule has 1 aromatic rings. The van der Waals surface area contributed by atoms with E-state index in [1.165, 1.54) is 17.2 Å². The van der Waals surface area contributed by atoms with Crippen LogP contribution in [-0.4, -0.2) is 18.0 Å². The van der Waals surface area contributed by atoms with E-state index in [0.717, 1.165) is 19.1 Å². The van der Waals surface area contributed by atoms with Crippen molar-refractivity contribution in [1.29, 1.82) is 0 Å². The Morgan fingerprint density at radius 3 is 2.57 bits per heavy atom. The van der Waals surface area contributed by atoms with Gasteiger partial charge in [0.2, 0.25) is 0 Å². The van der Waals surface area contributed by atoms with Crippen LogP contribution in [0.4, 0.5) is 0 Å². The number of benzene rings is 1. The SMILES string of the molecule is CC(C)=CCC/C(C)=C/COc1cc(O)cc(C)c1C=O. The monoisotopic (exact) mass is 288 g/mol. The second-order valence-electron chi connectivity index (χ2n) is 5.47. The molecule has 0 amide bonds. The van der Waals surface area contributed by atoms with Gasteiger partial charge < -0.3 is 9.84 Å². The number of phenolic OH excluding ortho intramolecular Hbond substituents is 1. The maximum Gasteiger partial charge on any atom is 0.154 e. The topological polar surface area (TPSA) is 46.5 Å². The van der Waals surface area contributed by atoms with Crippen molar-refractivity contribution in [1.82, 2.24) is 0 Å². The highest BCUT2D eigenvalue weighted by molar-refractivity contribution is 5.82. The van der Waals surface area contributed by atoms with Gasteiger partial charge in [-0.15, -0.1) is 0 Å². The zero-order chi connectivity index (χ0) is 15.8. The Morgan fingerprint density at radius 1 is 1.24 bits per heavy atom. The molecule has 3 heteroatoms. The molecule has 0 aliphatic rings. The van der Waals surface area contributed by atoms with Gasteiger partial charge in [0.25, 0.3) is 0 Å². The minimum absolute atomic E-state index is 0.109. The van der Waals surface area contributed by atoms with Crippen LogP contribution < -0.4 is 4.74 Å². The quantitative estimate of drug-likeness (QED) is 0.590. The lowest BCUT2D eigenvalue weighted by atomic mass is 10.1. The summed E-state index contributed by atoms with van der Waals surface area (Å²) in [6.45, 7) is 8.42. The van der Waals surface area contributed by atoms with Gasteiger partial charge in [0.05, 0.1) is 5.56 Å². The molecule has 0 saturated carbocycles. The number of hydrogen-bond donors (Lipinski definition) is 1. The Bertz CT molecular complexity index is 550. The number of hydrogen-bond acceptors (Lipinski definition) is 3. The molecule has 21 heavy (non-hydrogen) atoms. The molecule has 114 valence electrons. The molecule has 1 rings (SSSR count). The largest absolute Gasteiger partial charge is 0.508 e. The number of aromatic hydroxyl groups is 1. The van der Waals surface area contributed by atoms with Gasteiger partial charge in [0.15, 0.2) is 6.29 Å². The van der Waals surface area contributed by atoms with E-state index in [0.29, 0.717) is 23.5 Å². The maximum atomic E-state index is 11.1. The Hall–Kier alpha value is -2.03. The van der Waals surface area contributed by atoms with Crippen LogP contribution in [0.1, 0.15) is 49.5 Å². The summed E-state index contributed by atoms with van der Waals surface area (Å²) in [6.07, 6.45) is 6.99. The van der Waals surface area contributed by atoms with E-state index in [9.17, 15) is 9.90 Å². The first kappa shape index (κ1) is 17.0. The van der Waals surface area contributed by atoms with Crippen molar-refractivity contribution in [2.45, 2.75) is 40.5 Å². The number of aldehydes is 1. The summed E-state index contributed by atoms with van der Waals surface area (Å²) in [4.78, 5) is 11.1. The van der Waals surface area contributed by atoms with Crippen LogP contribution in [0.3, 0.4) is 0 Å². The van der Waals surface area contributed by atoms with E-state index in [4.69, 9.17) is 4.74 Å². The predicted molar refractivity (Wildman–Crippen MR) is 86.1 cm³/mol. The van der Waals surface area contributed by atoms with Crippen molar-refractivity contribution >= 4 is 6.29 Å². The Morgan fingerprint density at radius 2 is 1.95 bits per heavy atom. The smallest absolute Gasteiger partial charge is 0.154 e. The van der Waals surface area contributed by atoms with E-state index >= 15 is 0 Å². The minimum atomic E-state index is 0.109. The first-order chi connectivity index (χ1) is 9.93. The minimum Gasteiger partial charge on any atom is -0.508 e. The molecular formula is C18H24O3. The number of carbonyl (C=O) groups is 1. The molecular weight excluding hydrogens is 264 g/mol. The van der Waals surface area contributed by atoms with Crippen molar-refractivity contribution in [2.24, 2.45) is 0 Å². The van der Waals surface area contributed by atoms with Gasteiger partial charge in [0.1, 0.15) is 18.1 Å². The maximum absolute atomic E-state index is 11.1. The van der Waals surface area contributed by atoms with Crippen LogP contribution in [0.2, 0.25) is 0 Å². The molecule has 0 saturated heterocycles. The van der Waals surface area contributed by atoms with E-state index in [1.54, 1.807) is 13.0 Å². The Kier molecular flexibility index (Phi) is 6.73. The Balaban J connectivity index is 2.63. The van der Waals surface area contributed by atoms with Gasteiger partial charge in [-0.25, -0.2) is 0 Å². The zero-order valence-electron chi connectivity index (χ0n) is 13.3. The summed E-state index contributed by atoms with van der Waals surface area (Å²) >= 11 is 0. The number of aryl methyl sites for hydroxylation is 1. The van der Waals surface area contributed by atoms with E-state index < -0.39 is 0 Å². The average molecular weight is 288 g/mol. The number of carbonyl (C=O) groups excluding carboxylic acids is 1. The van der Waals surface area contributed by atoms with Crippen LogP contribution in [0.25, 0.3) is 0 Å². The highest BCUT2D eigenvalue weighted by Gasteiger charge is 2.08. The molecule has 1 aromatic carbocycles. The molecule has 0 aliphatic carbocycles. The lowest BCUT2D eigenvalue weighted by Crippen LogP contribution is -2.00. The third-order valence-electron chi connectivity index (χ3n) is 3.21. The number of ether oxygens (including phenoxy) is 1. The Labute approximate surface area is 127 Å². The second kappa shape index (κ2) is 8.30. The molecule has 0 aliphatic heterocycles. The van der Waals surface area contributed by atoms with E-state index in [1.807, 2.05) is 6.08 Å². The molecule has 0 fully saturated rings. The normalized spacial score (nSPS) is 11.1. The fraction of sp³-hybridized carbons (Fsp3) is 0.389. The van der Waals surface area contributed by atoms with Crippen LogP contribution in [-0.2, 0) is 0 Å². The molecule has 0 spiro atoms. The van der Waals surface area contributed by atoms with Gasteiger partial charge in [0, 0.05) is 6.07 Å². The van der Waals surface area contributed by atoms with Gasteiger partial charge in [-0.3, -0.25) is 4.79 Å². The average Bonchev–Trinajstić information content (AvgIpc) is 2.37. The lowest BCUT2D eigenvalue weighted by Gasteiger charge is -2.10. The molecule has 0 heterocycles. The second-order valence-corrected chi connectivity index (χ2v) is 5.47. The summed E-state index contributed by atoms with van der Waals surface area (Å²) in [5, 5.41) is 9.57. The summed E-state index contributed by atoms with van der Waals surface area (Å²) in [6, 6.07) is 3.03. The van der Waals surface area contributed by atoms with Crippen molar-refractivity contribution in [2.75, 3.05) is 6.61 Å². The van der Waals surface area contributed by atoms with Crippen molar-refractivity contribution in [3.8, 4) is 11.5 Å². The standard InChI is InChI=1S/C18H24O3/c1-13(2)6-5-7-14(3)8-9-21-18-11-16(20)10-15(4)17(18)12-19/h6,8,10-12,20H,5,7,9H2,1-4H3/b14-8+. The van der Waals surface area contributed by atoms with Crippen LogP contribution in [0, 0.1) is 6.92 Å². The summed E-state index contributed by atoms with van der Waals surface area (Å²) in [7, 11) is 0. The zero-order valence-corrected chi connectivity index (χ0v) is 13.3. The highest BCUT2D eigenvalue weighted by atomic mass is 16.5. The summed E-state index contributed by atoms with van der Waals surface area (Å²) in [5.74, 6) is 0.535. The van der Waals surface area contributed by atoms with Crippen LogP contribution >= 0.6 is 0 Å². The number of phenols is 1. The first-order valence-corrected chi connectivity index (χ1v) is 7.14. The van der Waals surface area contributed by atoms with Gasteiger partial charge in [-0.2, -0.15) is 0 Å². The predicted octanol–water partition coefficient (Wildman–Crippen LogP) is 4.58. The molecule has 3 nitrogen and oxygen atoms in total. The molecule has 0 unspecified atom stereocenters. The molecule has 0 radical (unpaired) electrons. The number of allylic oxidation sites excluding steroid dienone is 3. The third-order valence-corrected chi connectivity index (χ3v) is 3.21. The van der Waals surface area contributed by atoms with Crippen LogP contribution in [0.5, 0.6) is 11.5 Å². The first-order valence-electron chi connectivity index (χ1n) is 7.14. The summed E-state index contributed by atoms with van der Waals surface area (Å²) < 4.78 is 5.60. The highest BCUT2D eigenvalue weighted by Crippen LogP contribution is 2.26. The van der Waals surface area contributed by atoms with Gasteiger partial charge >= 0.3 is 0 Å². The van der Waals surface area contributed by atoms with E-state index in [-0.39, 0.29) is 5.75 Å². The molecule has 0 atom stereocenters. The third kappa shape index (κ3) is 5.86. The lowest BCUT2D eigenvalue weighted by molar-refractivity contribution is 0.111.